The molecule has 2 aromatic carbocycles. The van der Waals surface area contributed by atoms with E-state index in [-0.39, 0.29) is 12.2 Å². The van der Waals surface area contributed by atoms with Gasteiger partial charge in [0.1, 0.15) is 11.9 Å². The monoisotopic (exact) mass is 227 g/mol. The summed E-state index contributed by atoms with van der Waals surface area (Å²) in [6.45, 7) is 0. The van der Waals surface area contributed by atoms with E-state index in [1.165, 1.54) is 10.8 Å². The summed E-state index contributed by atoms with van der Waals surface area (Å²) in [5.74, 6) is 0.780. The van der Waals surface area contributed by atoms with Crippen LogP contribution >= 0.6 is 0 Å². The van der Waals surface area contributed by atoms with E-state index in [0.717, 1.165) is 25.0 Å². The number of rotatable bonds is 2. The molecule has 0 spiro atoms. The maximum atomic E-state index is 9.46. The highest BCUT2D eigenvalue weighted by Crippen LogP contribution is 2.26. The number of fused-ring (bicyclic) bond motifs is 1. The van der Waals surface area contributed by atoms with Gasteiger partial charge >= 0.3 is 0 Å². The summed E-state index contributed by atoms with van der Waals surface area (Å²) >= 11 is 0. The highest BCUT2D eigenvalue weighted by atomic mass is 16.5. The van der Waals surface area contributed by atoms with Crippen LogP contribution in [0.15, 0.2) is 36.4 Å². The molecule has 0 saturated heterocycles. The van der Waals surface area contributed by atoms with Gasteiger partial charge in [-0.3, -0.25) is 0 Å². The van der Waals surface area contributed by atoms with Gasteiger partial charge in [-0.2, -0.15) is 0 Å². The fraction of sp³-hybridized carbons (Fsp3) is 0.333. The average molecular weight is 227 g/mol. The topological polar surface area (TPSA) is 29.5 Å². The second-order valence-corrected chi connectivity index (χ2v) is 4.63. The molecule has 0 bridgehead atoms. The molecule has 87 valence electrons. The van der Waals surface area contributed by atoms with Crippen molar-refractivity contribution in [2.75, 3.05) is 0 Å². The third kappa shape index (κ3) is 2.27. The van der Waals surface area contributed by atoms with E-state index in [4.69, 9.17) is 4.74 Å². The zero-order chi connectivity index (χ0) is 11.7. The molecule has 1 N–H and O–H groups in total. The van der Waals surface area contributed by atoms with E-state index in [0.29, 0.717) is 0 Å². The number of aliphatic hydroxyl groups excluding tert-OH is 1. The number of aliphatic hydroxyl groups is 1. The van der Waals surface area contributed by atoms with Crippen LogP contribution in [0.2, 0.25) is 0 Å². The first-order valence-electron chi connectivity index (χ1n) is 6.06. The third-order valence-electron chi connectivity index (χ3n) is 3.30. The molecular weight excluding hydrogens is 212 g/mol. The van der Waals surface area contributed by atoms with E-state index in [9.17, 15) is 5.11 Å². The van der Waals surface area contributed by atoms with Crippen LogP contribution in [-0.2, 0) is 0 Å². The van der Waals surface area contributed by atoms with Crippen molar-refractivity contribution in [1.82, 2.24) is 0 Å². The van der Waals surface area contributed by atoms with Crippen molar-refractivity contribution < 1.29 is 9.84 Å². The van der Waals surface area contributed by atoms with Crippen molar-refractivity contribution in [2.45, 2.75) is 31.5 Å². The Morgan fingerprint density at radius 2 is 2.00 bits per heavy atom. The Morgan fingerprint density at radius 1 is 1.18 bits per heavy atom. The molecule has 2 heteroatoms. The van der Waals surface area contributed by atoms with Gasteiger partial charge in [-0.25, -0.2) is 0 Å². The molecule has 2 aromatic rings. The standard InChI is InChI=1S/C15H15O2/c16-13-6-8-15(10-13)17-14-7-5-11-3-1-2-4-12(11)9-14/h1-5,9,13,15-16H,6,8,10H2. The summed E-state index contributed by atoms with van der Waals surface area (Å²) in [5, 5.41) is 11.8. The number of hydrogen-bond donors (Lipinski definition) is 1. The molecule has 0 aliphatic heterocycles. The third-order valence-corrected chi connectivity index (χ3v) is 3.30. The summed E-state index contributed by atoms with van der Waals surface area (Å²) < 4.78 is 5.84. The van der Waals surface area contributed by atoms with Gasteiger partial charge in [0.15, 0.2) is 0 Å². The molecule has 1 fully saturated rings. The summed E-state index contributed by atoms with van der Waals surface area (Å²) in [7, 11) is 0. The van der Waals surface area contributed by atoms with Gasteiger partial charge < -0.3 is 9.84 Å². The Labute approximate surface area is 101 Å². The smallest absolute Gasteiger partial charge is 0.128 e. The minimum absolute atomic E-state index is 0.141. The largest absolute Gasteiger partial charge is 0.490 e. The minimum atomic E-state index is -0.194. The summed E-state index contributed by atoms with van der Waals surface area (Å²) in [6, 6.07) is 15.3. The van der Waals surface area contributed by atoms with Crippen LogP contribution in [0, 0.1) is 6.07 Å². The lowest BCUT2D eigenvalue weighted by Crippen LogP contribution is -2.13. The second-order valence-electron chi connectivity index (χ2n) is 4.63. The molecule has 17 heavy (non-hydrogen) atoms. The number of benzene rings is 2. The molecule has 2 atom stereocenters. The van der Waals surface area contributed by atoms with Crippen LogP contribution in [0.3, 0.4) is 0 Å². The summed E-state index contributed by atoms with van der Waals surface area (Å²) in [6.07, 6.45) is 2.46. The van der Waals surface area contributed by atoms with Gasteiger partial charge in [0.25, 0.3) is 0 Å². The molecule has 1 aliphatic rings. The van der Waals surface area contributed by atoms with Crippen LogP contribution in [0.1, 0.15) is 19.3 Å². The van der Waals surface area contributed by atoms with Crippen molar-refractivity contribution in [2.24, 2.45) is 0 Å². The quantitative estimate of drug-likeness (QED) is 0.854. The first-order valence-corrected chi connectivity index (χ1v) is 6.06. The number of hydrogen-bond acceptors (Lipinski definition) is 2. The van der Waals surface area contributed by atoms with Crippen molar-refractivity contribution in [1.29, 1.82) is 0 Å². The van der Waals surface area contributed by atoms with Crippen molar-refractivity contribution in [3.63, 3.8) is 0 Å². The second kappa shape index (κ2) is 4.38. The molecule has 1 radical (unpaired) electrons. The van der Waals surface area contributed by atoms with Crippen LogP contribution in [-0.4, -0.2) is 17.3 Å². The zero-order valence-corrected chi connectivity index (χ0v) is 9.60. The highest BCUT2D eigenvalue weighted by molar-refractivity contribution is 5.83. The molecular formula is C15H15O2. The Balaban J connectivity index is 1.81. The van der Waals surface area contributed by atoms with Crippen molar-refractivity contribution in [3.8, 4) is 5.75 Å². The fourth-order valence-corrected chi connectivity index (χ4v) is 2.38. The molecule has 0 amide bonds. The first-order chi connectivity index (χ1) is 8.31. The van der Waals surface area contributed by atoms with Gasteiger partial charge in [0.05, 0.1) is 6.10 Å². The summed E-state index contributed by atoms with van der Waals surface area (Å²) in [4.78, 5) is 0. The lowest BCUT2D eigenvalue weighted by molar-refractivity contribution is 0.149. The van der Waals surface area contributed by atoms with Crippen LogP contribution < -0.4 is 4.74 Å². The van der Waals surface area contributed by atoms with Gasteiger partial charge in [-0.1, -0.05) is 24.3 Å². The van der Waals surface area contributed by atoms with Crippen LogP contribution in [0.5, 0.6) is 5.75 Å². The highest BCUT2D eigenvalue weighted by Gasteiger charge is 2.24. The van der Waals surface area contributed by atoms with Gasteiger partial charge in [-0.05, 0) is 35.7 Å². The predicted molar refractivity (Wildman–Crippen MR) is 67.1 cm³/mol. The van der Waals surface area contributed by atoms with E-state index in [2.05, 4.69) is 18.2 Å². The minimum Gasteiger partial charge on any atom is -0.490 e. The molecule has 2 unspecified atom stereocenters. The van der Waals surface area contributed by atoms with Crippen molar-refractivity contribution in [3.05, 3.63) is 42.5 Å². The molecule has 3 rings (SSSR count). The Bertz CT molecular complexity index is 521. The van der Waals surface area contributed by atoms with Gasteiger partial charge in [-0.15, -0.1) is 0 Å². The Hall–Kier alpha value is -1.54. The zero-order valence-electron chi connectivity index (χ0n) is 9.60. The molecule has 1 aliphatic carbocycles. The molecule has 0 heterocycles. The van der Waals surface area contributed by atoms with E-state index in [1.807, 2.05) is 24.3 Å². The Kier molecular flexibility index (Phi) is 2.73. The van der Waals surface area contributed by atoms with Gasteiger partial charge in [0.2, 0.25) is 0 Å². The van der Waals surface area contributed by atoms with Crippen LogP contribution in [0.4, 0.5) is 0 Å². The number of ether oxygens (including phenoxy) is 1. The summed E-state index contributed by atoms with van der Waals surface area (Å²) in [5.41, 5.74) is 0. The lowest BCUT2D eigenvalue weighted by atomic mass is 10.1. The Morgan fingerprint density at radius 3 is 2.76 bits per heavy atom. The molecule has 2 nitrogen and oxygen atoms in total. The van der Waals surface area contributed by atoms with E-state index in [1.54, 1.807) is 0 Å². The fourth-order valence-electron chi connectivity index (χ4n) is 2.38. The molecule has 1 saturated carbocycles. The van der Waals surface area contributed by atoms with E-state index >= 15 is 0 Å². The maximum absolute atomic E-state index is 9.46. The predicted octanol–water partition coefficient (Wildman–Crippen LogP) is 2.93. The SMILES string of the molecule is OC1CCC(Oc2[c]cc3ccccc3c2)C1. The average Bonchev–Trinajstić information content (AvgIpc) is 2.75. The molecule has 0 aromatic heterocycles. The van der Waals surface area contributed by atoms with Crippen LogP contribution in [0.25, 0.3) is 10.8 Å². The van der Waals surface area contributed by atoms with Crippen molar-refractivity contribution >= 4 is 10.8 Å². The lowest BCUT2D eigenvalue weighted by Gasteiger charge is -2.13. The van der Waals surface area contributed by atoms with E-state index < -0.39 is 0 Å². The van der Waals surface area contributed by atoms with Gasteiger partial charge in [0, 0.05) is 12.5 Å². The normalized spacial score (nSPS) is 24.1. The first kappa shape index (κ1) is 10.6. The maximum Gasteiger partial charge on any atom is 0.128 e.